The summed E-state index contributed by atoms with van der Waals surface area (Å²) in [5.74, 6) is 0.680. The first-order valence-corrected chi connectivity index (χ1v) is 9.89. The van der Waals surface area contributed by atoms with Crippen molar-refractivity contribution in [3.63, 3.8) is 0 Å². The van der Waals surface area contributed by atoms with E-state index in [0.29, 0.717) is 12.5 Å². The summed E-state index contributed by atoms with van der Waals surface area (Å²) < 4.78 is 0. The molecule has 6 nitrogen and oxygen atoms in total. The number of benzene rings is 1. The number of nitrogens with zero attached hydrogens (tertiary/aromatic N) is 3. The molecule has 0 unspecified atom stereocenters. The van der Waals surface area contributed by atoms with Crippen molar-refractivity contribution in [3.05, 3.63) is 66.0 Å². The molecule has 2 aromatic rings. The monoisotopic (exact) mass is 509 g/mol. The van der Waals surface area contributed by atoms with Crippen LogP contribution in [-0.4, -0.2) is 55.0 Å². The van der Waals surface area contributed by atoms with Gasteiger partial charge < -0.3 is 15.5 Å². The number of likely N-dealkylation sites (N-methyl/N-ethyl adjacent to an activating group) is 1. The van der Waals surface area contributed by atoms with Gasteiger partial charge in [0, 0.05) is 45.0 Å². The second kappa shape index (κ2) is 14.8. The zero-order valence-corrected chi connectivity index (χ0v) is 19.6. The maximum atomic E-state index is 12.3. The van der Waals surface area contributed by atoms with E-state index in [9.17, 15) is 4.79 Å². The summed E-state index contributed by atoms with van der Waals surface area (Å²) in [5.41, 5.74) is 2.31. The Labute approximate surface area is 191 Å². The molecule has 0 spiro atoms. The molecule has 1 aromatic carbocycles. The first-order chi connectivity index (χ1) is 13.7. The van der Waals surface area contributed by atoms with Crippen molar-refractivity contribution in [2.45, 2.75) is 26.2 Å². The highest BCUT2D eigenvalue weighted by molar-refractivity contribution is 14.0. The molecule has 1 amide bonds. The molecule has 1 aromatic heterocycles. The van der Waals surface area contributed by atoms with Gasteiger partial charge in [0.15, 0.2) is 5.96 Å². The van der Waals surface area contributed by atoms with Crippen LogP contribution in [-0.2, 0) is 17.6 Å². The zero-order chi connectivity index (χ0) is 20.0. The highest BCUT2D eigenvalue weighted by Gasteiger charge is 2.09. The summed E-state index contributed by atoms with van der Waals surface area (Å²) in [6.45, 7) is 4.35. The van der Waals surface area contributed by atoms with Crippen LogP contribution in [0, 0.1) is 0 Å². The second-order valence-electron chi connectivity index (χ2n) is 6.60. The van der Waals surface area contributed by atoms with E-state index in [2.05, 4.69) is 44.9 Å². The van der Waals surface area contributed by atoms with Crippen LogP contribution in [0.2, 0.25) is 0 Å². The van der Waals surface area contributed by atoms with Gasteiger partial charge in [0.2, 0.25) is 5.91 Å². The molecule has 0 radical (unpaired) electrons. The lowest BCUT2D eigenvalue weighted by Crippen LogP contribution is -2.39. The van der Waals surface area contributed by atoms with E-state index in [1.165, 1.54) is 5.56 Å². The molecule has 0 saturated heterocycles. The van der Waals surface area contributed by atoms with Crippen LogP contribution in [0.3, 0.4) is 0 Å². The molecular formula is C22H32IN5O. The van der Waals surface area contributed by atoms with Gasteiger partial charge in [-0.1, -0.05) is 36.4 Å². The third-order valence-corrected chi connectivity index (χ3v) is 4.35. The van der Waals surface area contributed by atoms with Gasteiger partial charge >= 0.3 is 0 Å². The Bertz CT molecular complexity index is 724. The third kappa shape index (κ3) is 10.3. The van der Waals surface area contributed by atoms with Crippen LogP contribution in [0.4, 0.5) is 0 Å². The lowest BCUT2D eigenvalue weighted by molar-refractivity contribution is -0.128. The summed E-state index contributed by atoms with van der Waals surface area (Å²) in [4.78, 5) is 22.7. The van der Waals surface area contributed by atoms with Crippen molar-refractivity contribution in [2.24, 2.45) is 4.99 Å². The number of hydrogen-bond acceptors (Lipinski definition) is 3. The molecule has 0 saturated carbocycles. The number of aromatic nitrogens is 1. The van der Waals surface area contributed by atoms with Crippen LogP contribution in [0.5, 0.6) is 0 Å². The molecule has 1 heterocycles. The van der Waals surface area contributed by atoms with Crippen molar-refractivity contribution in [3.8, 4) is 0 Å². The second-order valence-corrected chi connectivity index (χ2v) is 6.60. The highest BCUT2D eigenvalue weighted by atomic mass is 127. The summed E-state index contributed by atoms with van der Waals surface area (Å²) >= 11 is 0. The molecule has 0 aliphatic heterocycles. The van der Waals surface area contributed by atoms with E-state index >= 15 is 0 Å². The van der Waals surface area contributed by atoms with Gasteiger partial charge in [-0.05, 0) is 37.5 Å². The molecular weight excluding hydrogens is 477 g/mol. The van der Waals surface area contributed by atoms with Crippen LogP contribution in [0.25, 0.3) is 0 Å². The molecule has 0 bridgehead atoms. The first kappa shape index (κ1) is 24.9. The van der Waals surface area contributed by atoms with Crippen molar-refractivity contribution in [1.82, 2.24) is 20.5 Å². The molecule has 2 N–H and O–H groups in total. The van der Waals surface area contributed by atoms with E-state index in [0.717, 1.165) is 38.0 Å². The number of nitrogens with one attached hydrogen (secondary N) is 2. The molecule has 0 aliphatic carbocycles. The minimum Gasteiger partial charge on any atom is -0.357 e. The minimum atomic E-state index is -0.00239. The third-order valence-electron chi connectivity index (χ3n) is 4.35. The Hall–Kier alpha value is -2.16. The van der Waals surface area contributed by atoms with Gasteiger partial charge in [-0.2, -0.15) is 0 Å². The molecule has 0 fully saturated rings. The van der Waals surface area contributed by atoms with E-state index in [4.69, 9.17) is 0 Å². The number of carbonyl (C=O) groups excluding carboxylic acids is 1. The summed E-state index contributed by atoms with van der Waals surface area (Å²) in [6.07, 6.45) is 4.53. The van der Waals surface area contributed by atoms with Gasteiger partial charge in [-0.3, -0.25) is 9.78 Å². The standard InChI is InChI=1S/C22H31N5O.HI/c1-3-23-22(25-16-9-12-19-10-5-4-6-11-19)26-18-21(28)27(2)17-14-20-13-7-8-15-24-20;/h4-8,10-11,13,15H,3,9,12,14,16-18H2,1-2H3,(H2,23,25,26);1H. The molecule has 7 heteroatoms. The van der Waals surface area contributed by atoms with Gasteiger partial charge in [0.1, 0.15) is 6.54 Å². The predicted octanol–water partition coefficient (Wildman–Crippen LogP) is 2.89. The van der Waals surface area contributed by atoms with Crippen LogP contribution in [0.15, 0.2) is 59.7 Å². The van der Waals surface area contributed by atoms with E-state index in [1.54, 1.807) is 18.1 Å². The van der Waals surface area contributed by atoms with Crippen molar-refractivity contribution in [2.75, 3.05) is 33.2 Å². The molecule has 158 valence electrons. The maximum Gasteiger partial charge on any atom is 0.244 e. The number of aliphatic imine (C=N–C) groups is 1. The summed E-state index contributed by atoms with van der Waals surface area (Å²) in [5, 5.41) is 6.49. The van der Waals surface area contributed by atoms with Crippen LogP contribution < -0.4 is 10.6 Å². The smallest absolute Gasteiger partial charge is 0.244 e. The van der Waals surface area contributed by atoms with Crippen molar-refractivity contribution >= 4 is 35.8 Å². The van der Waals surface area contributed by atoms with E-state index in [-0.39, 0.29) is 36.4 Å². The lowest BCUT2D eigenvalue weighted by atomic mass is 10.1. The van der Waals surface area contributed by atoms with E-state index in [1.807, 2.05) is 31.2 Å². The van der Waals surface area contributed by atoms with Gasteiger partial charge in [-0.25, -0.2) is 4.99 Å². The molecule has 0 aliphatic rings. The van der Waals surface area contributed by atoms with Crippen LogP contribution in [0.1, 0.15) is 24.6 Å². The van der Waals surface area contributed by atoms with Gasteiger partial charge in [-0.15, -0.1) is 24.0 Å². The Morgan fingerprint density at radius 2 is 1.83 bits per heavy atom. The topological polar surface area (TPSA) is 69.6 Å². The first-order valence-electron chi connectivity index (χ1n) is 9.89. The predicted molar refractivity (Wildman–Crippen MR) is 130 cm³/mol. The average molecular weight is 509 g/mol. The fraction of sp³-hybridized carbons (Fsp3) is 0.409. The number of aryl methyl sites for hydroxylation is 1. The van der Waals surface area contributed by atoms with Gasteiger partial charge in [0.25, 0.3) is 0 Å². The maximum absolute atomic E-state index is 12.3. The number of carbonyl (C=O) groups is 1. The summed E-state index contributed by atoms with van der Waals surface area (Å²) in [7, 11) is 1.81. The largest absolute Gasteiger partial charge is 0.357 e. The van der Waals surface area contributed by atoms with E-state index < -0.39 is 0 Å². The SMILES string of the molecule is CCNC(=NCC(=O)N(C)CCc1ccccn1)NCCCc1ccccc1.I. The molecule has 2 rings (SSSR count). The Morgan fingerprint density at radius 1 is 1.07 bits per heavy atom. The zero-order valence-electron chi connectivity index (χ0n) is 17.3. The number of hydrogen-bond donors (Lipinski definition) is 2. The normalized spacial score (nSPS) is 10.8. The van der Waals surface area contributed by atoms with Crippen LogP contribution >= 0.6 is 24.0 Å². The minimum absolute atomic E-state index is 0. The quantitative estimate of drug-likeness (QED) is 0.224. The number of halogens is 1. The highest BCUT2D eigenvalue weighted by Crippen LogP contribution is 2.01. The fourth-order valence-corrected chi connectivity index (χ4v) is 2.71. The fourth-order valence-electron chi connectivity index (χ4n) is 2.71. The number of amides is 1. The Morgan fingerprint density at radius 3 is 2.52 bits per heavy atom. The number of guanidine groups is 1. The summed E-state index contributed by atoms with van der Waals surface area (Å²) in [6, 6.07) is 16.2. The molecule has 0 atom stereocenters. The number of rotatable bonds is 10. The molecule has 29 heavy (non-hydrogen) atoms. The Balaban J connectivity index is 0.00000420. The lowest BCUT2D eigenvalue weighted by Gasteiger charge is -2.16. The average Bonchev–Trinajstić information content (AvgIpc) is 2.74. The van der Waals surface area contributed by atoms with Crippen molar-refractivity contribution in [1.29, 1.82) is 0 Å². The Kier molecular flexibility index (Phi) is 12.7. The van der Waals surface area contributed by atoms with Crippen molar-refractivity contribution < 1.29 is 4.79 Å². The van der Waals surface area contributed by atoms with Gasteiger partial charge in [0.05, 0.1) is 0 Å². The number of pyridine rings is 1.